The van der Waals surface area contributed by atoms with Gasteiger partial charge in [-0.15, -0.1) is 0 Å². The van der Waals surface area contributed by atoms with Gasteiger partial charge in [-0.1, -0.05) is 6.92 Å². The number of aryl methyl sites for hydroxylation is 1. The van der Waals surface area contributed by atoms with E-state index in [9.17, 15) is 0 Å². The zero-order chi connectivity index (χ0) is 10.6. The third-order valence-corrected chi connectivity index (χ3v) is 2.30. The zero-order valence-corrected chi connectivity index (χ0v) is 9.07. The smallest absolute Gasteiger partial charge is 0.0582 e. The molecule has 4 nitrogen and oxygen atoms in total. The lowest BCUT2D eigenvalue weighted by Crippen LogP contribution is -2.32. The van der Waals surface area contributed by atoms with Crippen molar-refractivity contribution in [1.29, 1.82) is 0 Å². The number of nitrogens with one attached hydrogen (secondary N) is 1. The van der Waals surface area contributed by atoms with Crippen molar-refractivity contribution in [2.45, 2.75) is 32.4 Å². The van der Waals surface area contributed by atoms with Crippen LogP contribution in [-0.4, -0.2) is 27.5 Å². The fourth-order valence-electron chi connectivity index (χ4n) is 1.47. The van der Waals surface area contributed by atoms with Gasteiger partial charge in [-0.2, -0.15) is 5.10 Å². The molecule has 1 heterocycles. The number of nitrogens with zero attached hydrogens (tertiary/aromatic N) is 2. The lowest BCUT2D eigenvalue weighted by Gasteiger charge is -2.19. The van der Waals surface area contributed by atoms with Crippen molar-refractivity contribution in [2.24, 2.45) is 7.05 Å². The van der Waals surface area contributed by atoms with Gasteiger partial charge in [0.1, 0.15) is 0 Å². The quantitative estimate of drug-likeness (QED) is 0.735. The molecule has 2 atom stereocenters. The Morgan fingerprint density at radius 2 is 2.36 bits per heavy atom. The van der Waals surface area contributed by atoms with Gasteiger partial charge in [-0.05, 0) is 13.3 Å². The Kier molecular flexibility index (Phi) is 4.10. The molecule has 14 heavy (non-hydrogen) atoms. The first-order valence-electron chi connectivity index (χ1n) is 5.02. The van der Waals surface area contributed by atoms with E-state index >= 15 is 0 Å². The minimum Gasteiger partial charge on any atom is -0.395 e. The topological polar surface area (TPSA) is 50.1 Å². The highest BCUT2D eigenvalue weighted by Crippen LogP contribution is 2.15. The van der Waals surface area contributed by atoms with Crippen molar-refractivity contribution in [3.8, 4) is 0 Å². The lowest BCUT2D eigenvalue weighted by atomic mass is 10.1. The van der Waals surface area contributed by atoms with E-state index in [1.54, 1.807) is 4.68 Å². The third-order valence-electron chi connectivity index (χ3n) is 2.30. The van der Waals surface area contributed by atoms with Crippen LogP contribution in [-0.2, 0) is 7.05 Å². The number of aliphatic hydroxyl groups excluding tert-OH is 1. The molecule has 80 valence electrons. The fourth-order valence-corrected chi connectivity index (χ4v) is 1.47. The van der Waals surface area contributed by atoms with Gasteiger partial charge in [0, 0.05) is 30.9 Å². The van der Waals surface area contributed by atoms with Crippen LogP contribution in [0.5, 0.6) is 0 Å². The highest BCUT2D eigenvalue weighted by molar-refractivity contribution is 5.10. The Morgan fingerprint density at radius 3 is 2.79 bits per heavy atom. The first-order valence-corrected chi connectivity index (χ1v) is 5.02. The van der Waals surface area contributed by atoms with Crippen molar-refractivity contribution in [2.75, 3.05) is 6.61 Å². The van der Waals surface area contributed by atoms with Gasteiger partial charge in [0.25, 0.3) is 0 Å². The summed E-state index contributed by atoms with van der Waals surface area (Å²) in [7, 11) is 1.91. The van der Waals surface area contributed by atoms with Crippen LogP contribution < -0.4 is 5.32 Å². The molecule has 4 heteroatoms. The molecule has 1 aromatic heterocycles. The molecule has 0 amide bonds. The normalized spacial score (nSPS) is 15.4. The number of hydrogen-bond donors (Lipinski definition) is 2. The van der Waals surface area contributed by atoms with Crippen molar-refractivity contribution in [3.05, 3.63) is 18.0 Å². The Morgan fingerprint density at radius 1 is 1.64 bits per heavy atom. The summed E-state index contributed by atoms with van der Waals surface area (Å²) in [4.78, 5) is 0. The van der Waals surface area contributed by atoms with Crippen LogP contribution in [0.2, 0.25) is 0 Å². The van der Waals surface area contributed by atoms with Gasteiger partial charge in [0.05, 0.1) is 12.8 Å². The number of aromatic nitrogens is 2. The molecule has 0 aliphatic heterocycles. The maximum atomic E-state index is 8.95. The van der Waals surface area contributed by atoms with Gasteiger partial charge in [0.2, 0.25) is 0 Å². The van der Waals surface area contributed by atoms with Crippen LogP contribution >= 0.6 is 0 Å². The van der Waals surface area contributed by atoms with Crippen LogP contribution in [0.3, 0.4) is 0 Å². The van der Waals surface area contributed by atoms with Crippen LogP contribution in [0.25, 0.3) is 0 Å². The van der Waals surface area contributed by atoms with Crippen LogP contribution in [0.4, 0.5) is 0 Å². The highest BCUT2D eigenvalue weighted by Gasteiger charge is 2.12. The summed E-state index contributed by atoms with van der Waals surface area (Å²) in [6.45, 7) is 4.25. The van der Waals surface area contributed by atoms with E-state index in [2.05, 4.69) is 17.3 Å². The molecule has 0 aliphatic rings. The Hall–Kier alpha value is -0.870. The van der Waals surface area contributed by atoms with Gasteiger partial charge in [-0.3, -0.25) is 4.68 Å². The van der Waals surface area contributed by atoms with E-state index in [1.807, 2.05) is 26.4 Å². The van der Waals surface area contributed by atoms with E-state index in [0.717, 1.165) is 6.42 Å². The summed E-state index contributed by atoms with van der Waals surface area (Å²) >= 11 is 0. The summed E-state index contributed by atoms with van der Waals surface area (Å²) in [6, 6.07) is 0.408. The van der Waals surface area contributed by atoms with Crippen LogP contribution in [0.1, 0.15) is 31.9 Å². The molecule has 0 aliphatic carbocycles. The molecular weight excluding hydrogens is 178 g/mol. The summed E-state index contributed by atoms with van der Waals surface area (Å²) in [5.74, 6) is 0. The molecule has 0 spiro atoms. The minimum atomic E-state index is 0.125. The van der Waals surface area contributed by atoms with Crippen molar-refractivity contribution >= 4 is 0 Å². The first kappa shape index (κ1) is 11.2. The number of aliphatic hydroxyl groups is 1. The molecule has 0 radical (unpaired) electrons. The summed E-state index contributed by atoms with van der Waals surface area (Å²) in [6.07, 6.45) is 4.87. The SMILES string of the molecule is CCC(N[C@@H](C)CO)c1cnn(C)c1. The van der Waals surface area contributed by atoms with E-state index in [-0.39, 0.29) is 18.7 Å². The monoisotopic (exact) mass is 197 g/mol. The van der Waals surface area contributed by atoms with Crippen molar-refractivity contribution < 1.29 is 5.11 Å². The zero-order valence-electron chi connectivity index (χ0n) is 9.07. The van der Waals surface area contributed by atoms with E-state index in [4.69, 9.17) is 5.11 Å². The van der Waals surface area contributed by atoms with E-state index in [0.29, 0.717) is 0 Å². The maximum absolute atomic E-state index is 8.95. The second kappa shape index (κ2) is 5.12. The molecule has 0 saturated heterocycles. The van der Waals surface area contributed by atoms with Gasteiger partial charge in [0.15, 0.2) is 0 Å². The minimum absolute atomic E-state index is 0.125. The summed E-state index contributed by atoms with van der Waals surface area (Å²) < 4.78 is 1.79. The molecule has 0 bridgehead atoms. The largest absolute Gasteiger partial charge is 0.395 e. The van der Waals surface area contributed by atoms with E-state index in [1.165, 1.54) is 5.56 Å². The summed E-state index contributed by atoms with van der Waals surface area (Å²) in [5.41, 5.74) is 1.18. The molecule has 1 aromatic rings. The van der Waals surface area contributed by atoms with Crippen molar-refractivity contribution in [1.82, 2.24) is 15.1 Å². The molecule has 1 unspecified atom stereocenters. The average molecular weight is 197 g/mol. The van der Waals surface area contributed by atoms with Gasteiger partial charge < -0.3 is 10.4 Å². The standard InChI is InChI=1S/C10H19N3O/c1-4-10(12-8(2)7-14)9-5-11-13(3)6-9/h5-6,8,10,12,14H,4,7H2,1-3H3/t8-,10?/m0/s1. The number of hydrogen-bond acceptors (Lipinski definition) is 3. The van der Waals surface area contributed by atoms with Crippen LogP contribution in [0.15, 0.2) is 12.4 Å². The third kappa shape index (κ3) is 2.82. The van der Waals surface area contributed by atoms with Crippen LogP contribution in [0, 0.1) is 0 Å². The van der Waals surface area contributed by atoms with Crippen molar-refractivity contribution in [3.63, 3.8) is 0 Å². The van der Waals surface area contributed by atoms with Gasteiger partial charge in [-0.25, -0.2) is 0 Å². The predicted molar refractivity (Wildman–Crippen MR) is 55.9 cm³/mol. The van der Waals surface area contributed by atoms with E-state index < -0.39 is 0 Å². The Bertz CT molecular complexity index is 272. The lowest BCUT2D eigenvalue weighted by molar-refractivity contribution is 0.239. The fraction of sp³-hybridized carbons (Fsp3) is 0.700. The molecular formula is C10H19N3O. The molecule has 0 aromatic carbocycles. The first-order chi connectivity index (χ1) is 6.67. The second-order valence-corrected chi connectivity index (χ2v) is 3.66. The highest BCUT2D eigenvalue weighted by atomic mass is 16.3. The Balaban J connectivity index is 2.62. The molecule has 0 fully saturated rings. The summed E-state index contributed by atoms with van der Waals surface area (Å²) in [5, 5.41) is 16.4. The molecule has 0 saturated carbocycles. The molecule has 2 N–H and O–H groups in total. The average Bonchev–Trinajstić information content (AvgIpc) is 2.60. The Labute approximate surface area is 84.9 Å². The maximum Gasteiger partial charge on any atom is 0.0582 e. The second-order valence-electron chi connectivity index (χ2n) is 3.66. The van der Waals surface area contributed by atoms with Gasteiger partial charge >= 0.3 is 0 Å². The molecule has 1 rings (SSSR count). The number of rotatable bonds is 5. The predicted octanol–water partition coefficient (Wildman–Crippen LogP) is 0.842.